The fourth-order valence-corrected chi connectivity index (χ4v) is 6.84. The second-order valence-corrected chi connectivity index (χ2v) is 12.2. The van der Waals surface area contributed by atoms with E-state index in [9.17, 15) is 0 Å². The van der Waals surface area contributed by atoms with Crippen LogP contribution in [-0.2, 0) is 0 Å². The van der Waals surface area contributed by atoms with Crippen LogP contribution < -0.4 is 4.90 Å². The first-order valence-corrected chi connectivity index (χ1v) is 16.3. The molecule has 1 heterocycles. The van der Waals surface area contributed by atoms with Gasteiger partial charge in [0.2, 0.25) is 0 Å². The maximum absolute atomic E-state index is 6.33. The zero-order chi connectivity index (χ0) is 31.9. The Hall–Kier alpha value is -6.38. The van der Waals surface area contributed by atoms with Crippen LogP contribution in [0.25, 0.3) is 66.1 Å². The van der Waals surface area contributed by atoms with Crippen LogP contribution >= 0.6 is 0 Å². The standard InChI is InChI=1S/C46H31NO/c1-3-11-32(12-4-1)33-19-21-34(22-20-33)35-23-26-40(27-24-35)47(39-15-5-2-6-16-39)44-18-10-9-17-41(44)38-25-28-45-42(30-38)43-29-36-13-7-8-14-37(36)31-46(43)48-45/h1-31H. The lowest BCUT2D eigenvalue weighted by Crippen LogP contribution is -2.11. The average Bonchev–Trinajstić information content (AvgIpc) is 3.52. The van der Waals surface area contributed by atoms with E-state index < -0.39 is 0 Å². The summed E-state index contributed by atoms with van der Waals surface area (Å²) in [4.78, 5) is 2.35. The van der Waals surface area contributed by atoms with Crippen LogP contribution in [0, 0.1) is 0 Å². The van der Waals surface area contributed by atoms with Gasteiger partial charge in [0.25, 0.3) is 0 Å². The molecule has 0 fully saturated rings. The third kappa shape index (κ3) is 5.01. The van der Waals surface area contributed by atoms with Crippen molar-refractivity contribution in [3.05, 3.63) is 188 Å². The molecule has 0 aliphatic heterocycles. The van der Waals surface area contributed by atoms with E-state index >= 15 is 0 Å². The Morgan fingerprint density at radius 3 is 1.54 bits per heavy atom. The minimum atomic E-state index is 0.897. The van der Waals surface area contributed by atoms with Crippen molar-refractivity contribution in [2.45, 2.75) is 0 Å². The van der Waals surface area contributed by atoms with Gasteiger partial charge in [-0.25, -0.2) is 0 Å². The van der Waals surface area contributed by atoms with Crippen LogP contribution in [0.15, 0.2) is 192 Å². The predicted octanol–water partition coefficient (Wildman–Crippen LogP) is 13.2. The smallest absolute Gasteiger partial charge is 0.136 e. The van der Waals surface area contributed by atoms with Crippen molar-refractivity contribution in [3.63, 3.8) is 0 Å². The highest BCUT2D eigenvalue weighted by molar-refractivity contribution is 6.11. The molecule has 0 radical (unpaired) electrons. The van der Waals surface area contributed by atoms with Gasteiger partial charge in [-0.2, -0.15) is 0 Å². The largest absolute Gasteiger partial charge is 0.456 e. The number of rotatable bonds is 6. The zero-order valence-corrected chi connectivity index (χ0v) is 26.3. The molecule has 0 bridgehead atoms. The maximum Gasteiger partial charge on any atom is 0.136 e. The summed E-state index contributed by atoms with van der Waals surface area (Å²) in [7, 11) is 0. The first-order valence-electron chi connectivity index (χ1n) is 16.3. The Balaban J connectivity index is 1.12. The van der Waals surface area contributed by atoms with E-state index in [1.807, 2.05) is 0 Å². The summed E-state index contributed by atoms with van der Waals surface area (Å²) in [5.41, 5.74) is 12.2. The van der Waals surface area contributed by atoms with E-state index in [-0.39, 0.29) is 0 Å². The molecule has 0 saturated heterocycles. The van der Waals surface area contributed by atoms with Gasteiger partial charge < -0.3 is 9.32 Å². The molecule has 226 valence electrons. The van der Waals surface area contributed by atoms with Gasteiger partial charge >= 0.3 is 0 Å². The molecule has 0 unspecified atom stereocenters. The molecule has 8 aromatic carbocycles. The molecule has 0 aliphatic rings. The van der Waals surface area contributed by atoms with Crippen molar-refractivity contribution >= 4 is 49.8 Å². The molecule has 2 heteroatoms. The van der Waals surface area contributed by atoms with Crippen LogP contribution in [0.1, 0.15) is 0 Å². The molecule has 0 saturated carbocycles. The zero-order valence-electron chi connectivity index (χ0n) is 26.3. The lowest BCUT2D eigenvalue weighted by molar-refractivity contribution is 0.669. The van der Waals surface area contributed by atoms with Crippen molar-refractivity contribution in [1.82, 2.24) is 0 Å². The third-order valence-corrected chi connectivity index (χ3v) is 9.26. The molecule has 48 heavy (non-hydrogen) atoms. The number of anilines is 3. The average molecular weight is 614 g/mol. The van der Waals surface area contributed by atoms with Crippen LogP contribution in [0.2, 0.25) is 0 Å². The number of fused-ring (bicyclic) bond motifs is 4. The Kier molecular flexibility index (Phi) is 6.84. The van der Waals surface area contributed by atoms with Crippen molar-refractivity contribution in [1.29, 1.82) is 0 Å². The topological polar surface area (TPSA) is 16.4 Å². The molecule has 0 atom stereocenters. The number of hydrogen-bond acceptors (Lipinski definition) is 2. The molecule has 1 aromatic heterocycles. The van der Waals surface area contributed by atoms with Crippen molar-refractivity contribution in [2.75, 3.05) is 4.90 Å². The molecule has 0 N–H and O–H groups in total. The Morgan fingerprint density at radius 1 is 0.333 bits per heavy atom. The molecule has 9 rings (SSSR count). The molecular formula is C46H31NO. The molecule has 0 spiro atoms. The predicted molar refractivity (Wildman–Crippen MR) is 202 cm³/mol. The monoisotopic (exact) mass is 613 g/mol. The van der Waals surface area contributed by atoms with Gasteiger partial charge in [0, 0.05) is 27.7 Å². The Labute approximate surface area is 279 Å². The second-order valence-electron chi connectivity index (χ2n) is 12.2. The number of hydrogen-bond donors (Lipinski definition) is 0. The Bertz CT molecular complexity index is 2530. The van der Waals surface area contributed by atoms with E-state index in [4.69, 9.17) is 4.42 Å². The fourth-order valence-electron chi connectivity index (χ4n) is 6.84. The van der Waals surface area contributed by atoms with Gasteiger partial charge in [-0.15, -0.1) is 0 Å². The van der Waals surface area contributed by atoms with Gasteiger partial charge in [-0.3, -0.25) is 0 Å². The van der Waals surface area contributed by atoms with Gasteiger partial charge in [-0.05, 0) is 93.2 Å². The van der Waals surface area contributed by atoms with Crippen LogP contribution in [0.5, 0.6) is 0 Å². The summed E-state index contributed by atoms with van der Waals surface area (Å²) in [6.45, 7) is 0. The number of nitrogens with zero attached hydrogens (tertiary/aromatic N) is 1. The summed E-state index contributed by atoms with van der Waals surface area (Å²) in [6, 6.07) is 66.9. The fraction of sp³-hybridized carbons (Fsp3) is 0. The third-order valence-electron chi connectivity index (χ3n) is 9.26. The normalized spacial score (nSPS) is 11.3. The SMILES string of the molecule is c1ccc(-c2ccc(-c3ccc(N(c4ccccc4)c4ccccc4-c4ccc5oc6cc7ccccc7cc6c5c4)cc3)cc2)cc1. The van der Waals surface area contributed by atoms with E-state index in [1.165, 1.54) is 33.0 Å². The molecule has 2 nitrogen and oxygen atoms in total. The molecule has 0 amide bonds. The highest BCUT2D eigenvalue weighted by atomic mass is 16.3. The quantitative estimate of drug-likeness (QED) is 0.185. The minimum absolute atomic E-state index is 0.897. The van der Waals surface area contributed by atoms with Crippen LogP contribution in [-0.4, -0.2) is 0 Å². The number of furan rings is 1. The van der Waals surface area contributed by atoms with Crippen LogP contribution in [0.4, 0.5) is 17.1 Å². The summed E-state index contributed by atoms with van der Waals surface area (Å²) >= 11 is 0. The highest BCUT2D eigenvalue weighted by Crippen LogP contribution is 2.43. The van der Waals surface area contributed by atoms with E-state index in [1.54, 1.807) is 0 Å². The van der Waals surface area contributed by atoms with Crippen molar-refractivity contribution in [3.8, 4) is 33.4 Å². The van der Waals surface area contributed by atoms with Gasteiger partial charge in [0.1, 0.15) is 11.2 Å². The molecular weight excluding hydrogens is 583 g/mol. The van der Waals surface area contributed by atoms with Gasteiger partial charge in [0.15, 0.2) is 0 Å². The van der Waals surface area contributed by atoms with E-state index in [2.05, 4.69) is 193 Å². The van der Waals surface area contributed by atoms with E-state index in [0.29, 0.717) is 0 Å². The maximum atomic E-state index is 6.33. The first kappa shape index (κ1) is 27.9. The van der Waals surface area contributed by atoms with Crippen LogP contribution in [0.3, 0.4) is 0 Å². The Morgan fingerprint density at radius 2 is 0.833 bits per heavy atom. The number of para-hydroxylation sites is 2. The lowest BCUT2D eigenvalue weighted by atomic mass is 9.98. The van der Waals surface area contributed by atoms with Crippen molar-refractivity contribution in [2.24, 2.45) is 0 Å². The second kappa shape index (κ2) is 11.8. The minimum Gasteiger partial charge on any atom is -0.456 e. The van der Waals surface area contributed by atoms with Gasteiger partial charge in [-0.1, -0.05) is 133 Å². The highest BCUT2D eigenvalue weighted by Gasteiger charge is 2.18. The van der Waals surface area contributed by atoms with Gasteiger partial charge in [0.05, 0.1) is 5.69 Å². The lowest BCUT2D eigenvalue weighted by Gasteiger charge is -2.28. The summed E-state index contributed by atoms with van der Waals surface area (Å²) < 4.78 is 6.33. The van der Waals surface area contributed by atoms with E-state index in [0.717, 1.165) is 50.1 Å². The summed E-state index contributed by atoms with van der Waals surface area (Å²) in [6.07, 6.45) is 0. The molecule has 0 aliphatic carbocycles. The summed E-state index contributed by atoms with van der Waals surface area (Å²) in [5, 5.41) is 4.65. The van der Waals surface area contributed by atoms with Crippen molar-refractivity contribution < 1.29 is 4.42 Å². The molecule has 9 aromatic rings. The number of benzene rings is 8. The first-order chi connectivity index (χ1) is 23.8. The summed E-state index contributed by atoms with van der Waals surface area (Å²) in [5.74, 6) is 0.